The number of benzene rings is 1. The molecule has 2 N–H and O–H groups in total. The SMILES string of the molecule is O=C1N[C@H](c2cc(I)cc(I)c2O)CCO1. The van der Waals surface area contributed by atoms with Crippen LogP contribution in [0.4, 0.5) is 4.79 Å². The number of carbonyl (C=O) groups excluding carboxylic acids is 1. The lowest BCUT2D eigenvalue weighted by Crippen LogP contribution is -2.35. The Balaban J connectivity index is 2.35. The van der Waals surface area contributed by atoms with E-state index in [9.17, 15) is 9.90 Å². The zero-order valence-corrected chi connectivity index (χ0v) is 12.5. The van der Waals surface area contributed by atoms with Gasteiger partial charge in [-0.05, 0) is 57.3 Å². The van der Waals surface area contributed by atoms with Gasteiger partial charge in [0, 0.05) is 15.6 Å². The van der Waals surface area contributed by atoms with Crippen LogP contribution in [0.15, 0.2) is 12.1 Å². The smallest absolute Gasteiger partial charge is 0.407 e. The second-order valence-electron chi connectivity index (χ2n) is 3.45. The van der Waals surface area contributed by atoms with Gasteiger partial charge in [0.15, 0.2) is 0 Å². The summed E-state index contributed by atoms with van der Waals surface area (Å²) in [5.74, 6) is 0.244. The number of rotatable bonds is 1. The average molecular weight is 445 g/mol. The lowest BCUT2D eigenvalue weighted by atomic mass is 10.0. The second-order valence-corrected chi connectivity index (χ2v) is 5.85. The number of alkyl carbamates (subject to hydrolysis) is 1. The summed E-state index contributed by atoms with van der Waals surface area (Å²) in [4.78, 5) is 11.1. The number of hydrogen-bond donors (Lipinski definition) is 2. The van der Waals surface area contributed by atoms with E-state index in [1.54, 1.807) is 0 Å². The Morgan fingerprint density at radius 1 is 1.44 bits per heavy atom. The fourth-order valence-electron chi connectivity index (χ4n) is 1.61. The van der Waals surface area contributed by atoms with Gasteiger partial charge in [0.1, 0.15) is 5.75 Å². The zero-order valence-electron chi connectivity index (χ0n) is 8.17. The molecule has 0 saturated carbocycles. The lowest BCUT2D eigenvalue weighted by molar-refractivity contribution is 0.115. The van der Waals surface area contributed by atoms with Crippen molar-refractivity contribution in [3.63, 3.8) is 0 Å². The van der Waals surface area contributed by atoms with E-state index in [1.807, 2.05) is 12.1 Å². The first-order valence-corrected chi connectivity index (χ1v) is 6.85. The molecule has 1 amide bonds. The van der Waals surface area contributed by atoms with E-state index in [2.05, 4.69) is 50.5 Å². The van der Waals surface area contributed by atoms with Crippen molar-refractivity contribution >= 4 is 51.3 Å². The highest BCUT2D eigenvalue weighted by Crippen LogP contribution is 2.33. The number of carbonyl (C=O) groups is 1. The normalized spacial score (nSPS) is 20.1. The molecule has 0 aliphatic carbocycles. The summed E-state index contributed by atoms with van der Waals surface area (Å²) in [6, 6.07) is 3.61. The Bertz CT molecular complexity index is 436. The largest absolute Gasteiger partial charge is 0.506 e. The van der Waals surface area contributed by atoms with Crippen molar-refractivity contribution in [2.45, 2.75) is 12.5 Å². The molecular weight excluding hydrogens is 436 g/mol. The first-order valence-electron chi connectivity index (χ1n) is 4.69. The standard InChI is InChI=1S/C10H9I2NO3/c11-5-3-6(9(14)7(12)4-5)8-1-2-16-10(15)13-8/h3-4,8,14H,1-2H2,(H,13,15)/t8-/m0/s1. The van der Waals surface area contributed by atoms with Crippen LogP contribution in [-0.2, 0) is 4.74 Å². The highest BCUT2D eigenvalue weighted by molar-refractivity contribution is 14.1. The molecule has 1 aromatic carbocycles. The van der Waals surface area contributed by atoms with Crippen molar-refractivity contribution in [3.8, 4) is 5.75 Å². The van der Waals surface area contributed by atoms with E-state index in [4.69, 9.17) is 4.74 Å². The van der Waals surface area contributed by atoms with Crippen molar-refractivity contribution in [1.29, 1.82) is 0 Å². The van der Waals surface area contributed by atoms with Crippen LogP contribution in [0.2, 0.25) is 0 Å². The summed E-state index contributed by atoms with van der Waals surface area (Å²) >= 11 is 4.27. The van der Waals surface area contributed by atoms with E-state index in [0.29, 0.717) is 13.0 Å². The number of halogens is 2. The molecule has 0 radical (unpaired) electrons. The van der Waals surface area contributed by atoms with Crippen LogP contribution in [0.5, 0.6) is 5.75 Å². The number of phenols is 1. The van der Waals surface area contributed by atoms with Gasteiger partial charge >= 0.3 is 6.09 Å². The predicted molar refractivity (Wildman–Crippen MR) is 75.4 cm³/mol. The monoisotopic (exact) mass is 445 g/mol. The molecule has 1 aliphatic rings. The Labute approximate surface area is 120 Å². The van der Waals surface area contributed by atoms with Crippen molar-refractivity contribution in [3.05, 3.63) is 24.8 Å². The maximum Gasteiger partial charge on any atom is 0.407 e. The highest BCUT2D eigenvalue weighted by atomic mass is 127. The predicted octanol–water partition coefficient (Wildman–Crippen LogP) is 2.77. The van der Waals surface area contributed by atoms with Gasteiger partial charge in [-0.25, -0.2) is 4.79 Å². The molecule has 86 valence electrons. The van der Waals surface area contributed by atoms with Crippen molar-refractivity contribution in [2.75, 3.05) is 6.61 Å². The van der Waals surface area contributed by atoms with Gasteiger partial charge in [-0.1, -0.05) is 0 Å². The molecule has 1 aromatic rings. The van der Waals surface area contributed by atoms with E-state index in [1.165, 1.54) is 0 Å². The molecule has 1 atom stereocenters. The van der Waals surface area contributed by atoms with Gasteiger partial charge in [0.25, 0.3) is 0 Å². The first kappa shape index (κ1) is 12.2. The van der Waals surface area contributed by atoms with E-state index in [0.717, 1.165) is 12.7 Å². The summed E-state index contributed by atoms with van der Waals surface area (Å²) in [5, 5.41) is 12.7. The maximum absolute atomic E-state index is 11.1. The zero-order chi connectivity index (χ0) is 11.7. The fraction of sp³-hybridized carbons (Fsp3) is 0.300. The number of phenolic OH excluding ortho intramolecular Hbond substituents is 1. The van der Waals surface area contributed by atoms with Crippen LogP contribution in [0.1, 0.15) is 18.0 Å². The summed E-state index contributed by atoms with van der Waals surface area (Å²) < 4.78 is 6.62. The van der Waals surface area contributed by atoms with Crippen molar-refractivity contribution in [2.24, 2.45) is 0 Å². The van der Waals surface area contributed by atoms with Gasteiger partial charge in [-0.3, -0.25) is 0 Å². The molecular formula is C10H9I2NO3. The average Bonchev–Trinajstić information content (AvgIpc) is 2.23. The topological polar surface area (TPSA) is 58.6 Å². The van der Waals surface area contributed by atoms with Crippen LogP contribution in [0.3, 0.4) is 0 Å². The van der Waals surface area contributed by atoms with Gasteiger partial charge in [0.05, 0.1) is 16.2 Å². The number of cyclic esters (lactones) is 1. The van der Waals surface area contributed by atoms with Crippen LogP contribution in [0, 0.1) is 7.14 Å². The molecule has 1 aliphatic heterocycles. The van der Waals surface area contributed by atoms with Crippen molar-refractivity contribution < 1.29 is 14.6 Å². The molecule has 0 spiro atoms. The minimum atomic E-state index is -0.426. The third-order valence-corrected chi connectivity index (χ3v) is 3.81. The molecule has 0 unspecified atom stereocenters. The van der Waals surface area contributed by atoms with Gasteiger partial charge in [-0.15, -0.1) is 0 Å². The Kier molecular flexibility index (Phi) is 3.77. The minimum absolute atomic E-state index is 0.163. The van der Waals surface area contributed by atoms with E-state index >= 15 is 0 Å². The second kappa shape index (κ2) is 4.94. The van der Waals surface area contributed by atoms with Gasteiger partial charge in [-0.2, -0.15) is 0 Å². The summed E-state index contributed by atoms with van der Waals surface area (Å²) in [6.07, 6.45) is 0.250. The van der Waals surface area contributed by atoms with Gasteiger partial charge < -0.3 is 15.2 Å². The summed E-state index contributed by atoms with van der Waals surface area (Å²) in [7, 11) is 0. The fourth-order valence-corrected chi connectivity index (χ4v) is 3.50. The molecule has 1 fully saturated rings. The van der Waals surface area contributed by atoms with Gasteiger partial charge in [0.2, 0.25) is 0 Å². The maximum atomic E-state index is 11.1. The van der Waals surface area contributed by atoms with E-state index < -0.39 is 6.09 Å². The summed E-state index contributed by atoms with van der Waals surface area (Å²) in [6.45, 7) is 0.387. The molecule has 0 bridgehead atoms. The third-order valence-electron chi connectivity index (χ3n) is 2.36. The lowest BCUT2D eigenvalue weighted by Gasteiger charge is -2.24. The summed E-state index contributed by atoms with van der Waals surface area (Å²) in [5.41, 5.74) is 0.757. The Morgan fingerprint density at radius 3 is 2.88 bits per heavy atom. The van der Waals surface area contributed by atoms with Crippen LogP contribution in [-0.4, -0.2) is 17.8 Å². The molecule has 4 nitrogen and oxygen atoms in total. The number of ether oxygens (including phenoxy) is 1. The first-order chi connectivity index (χ1) is 7.58. The van der Waals surface area contributed by atoms with Crippen LogP contribution >= 0.6 is 45.2 Å². The molecule has 6 heteroatoms. The number of nitrogens with one attached hydrogen (secondary N) is 1. The molecule has 0 aromatic heterocycles. The molecule has 1 saturated heterocycles. The molecule has 1 heterocycles. The Hall–Kier alpha value is -0.250. The van der Waals surface area contributed by atoms with Crippen molar-refractivity contribution in [1.82, 2.24) is 5.32 Å². The molecule has 16 heavy (non-hydrogen) atoms. The van der Waals surface area contributed by atoms with Crippen LogP contribution < -0.4 is 5.32 Å². The van der Waals surface area contributed by atoms with E-state index in [-0.39, 0.29) is 11.8 Å². The Morgan fingerprint density at radius 2 is 2.19 bits per heavy atom. The van der Waals surface area contributed by atoms with Crippen LogP contribution in [0.25, 0.3) is 0 Å². The third kappa shape index (κ3) is 2.53. The quantitative estimate of drug-likeness (QED) is 0.655. The highest BCUT2D eigenvalue weighted by Gasteiger charge is 2.24. The minimum Gasteiger partial charge on any atom is -0.506 e. The number of hydrogen-bond acceptors (Lipinski definition) is 3. The number of aromatic hydroxyl groups is 1. The number of amides is 1. The molecule has 2 rings (SSSR count).